The smallest absolute Gasteiger partial charge is 0.181 e. The molecule has 0 aromatic carbocycles. The molecule has 1 fully saturated rings. The Morgan fingerprint density at radius 2 is 2.04 bits per heavy atom. The van der Waals surface area contributed by atoms with Crippen molar-refractivity contribution in [2.45, 2.75) is 0 Å². The van der Waals surface area contributed by atoms with Crippen molar-refractivity contribution in [1.29, 1.82) is 0 Å². The summed E-state index contributed by atoms with van der Waals surface area (Å²) in [5.41, 5.74) is 3.21. The van der Waals surface area contributed by atoms with Crippen molar-refractivity contribution < 1.29 is 9.53 Å². The zero-order valence-corrected chi connectivity index (χ0v) is 13.4. The van der Waals surface area contributed by atoms with Crippen LogP contribution in [-0.4, -0.2) is 51.9 Å². The summed E-state index contributed by atoms with van der Waals surface area (Å²) >= 11 is 0. The normalized spacial score (nSPS) is 14.4. The molecule has 0 amide bonds. The Hall–Kier alpha value is -3.24. The number of aromatic nitrogens is 4. The number of carbonyl (C=O) groups is 1. The number of hydrogen-bond donors (Lipinski definition) is 0. The summed E-state index contributed by atoms with van der Waals surface area (Å²) in [6.45, 7) is 2.77. The first kappa shape index (κ1) is 15.3. The van der Waals surface area contributed by atoms with E-state index in [-0.39, 0.29) is 0 Å². The number of anilines is 1. The number of rotatable bonds is 3. The number of pyridine rings is 1. The number of aldehydes is 1. The third-order valence-corrected chi connectivity index (χ3v) is 4.13. The minimum absolute atomic E-state index is 0.358. The molecule has 0 aliphatic carbocycles. The van der Waals surface area contributed by atoms with Crippen LogP contribution in [0.1, 0.15) is 16.2 Å². The van der Waals surface area contributed by atoms with Gasteiger partial charge in [-0.3, -0.25) is 9.20 Å². The maximum atomic E-state index is 11.2. The second kappa shape index (κ2) is 6.34. The van der Waals surface area contributed by atoms with E-state index in [1.807, 2.05) is 10.5 Å². The van der Waals surface area contributed by atoms with E-state index >= 15 is 0 Å². The largest absolute Gasteiger partial charge is 0.378 e. The van der Waals surface area contributed by atoms with Crippen molar-refractivity contribution in [3.8, 4) is 23.6 Å². The first-order chi connectivity index (χ1) is 12.3. The van der Waals surface area contributed by atoms with E-state index in [0.29, 0.717) is 30.2 Å². The molecule has 4 heterocycles. The van der Waals surface area contributed by atoms with Crippen molar-refractivity contribution >= 4 is 17.8 Å². The first-order valence-corrected chi connectivity index (χ1v) is 7.89. The van der Waals surface area contributed by atoms with Crippen LogP contribution in [0.15, 0.2) is 30.7 Å². The van der Waals surface area contributed by atoms with Gasteiger partial charge in [-0.05, 0) is 12.1 Å². The van der Waals surface area contributed by atoms with Gasteiger partial charge in [0.05, 0.1) is 25.1 Å². The highest BCUT2D eigenvalue weighted by atomic mass is 16.5. The van der Waals surface area contributed by atoms with E-state index in [0.717, 1.165) is 36.5 Å². The second-order valence-corrected chi connectivity index (χ2v) is 5.62. The second-order valence-electron chi connectivity index (χ2n) is 5.62. The van der Waals surface area contributed by atoms with E-state index < -0.39 is 0 Å². The third kappa shape index (κ3) is 2.73. The fourth-order valence-corrected chi connectivity index (χ4v) is 2.88. The maximum absolute atomic E-state index is 11.2. The lowest BCUT2D eigenvalue weighted by Gasteiger charge is -2.28. The monoisotopic (exact) mass is 333 g/mol. The van der Waals surface area contributed by atoms with Crippen LogP contribution in [0.5, 0.6) is 0 Å². The number of ether oxygens (including phenoxy) is 1. The molecule has 0 N–H and O–H groups in total. The molecule has 1 saturated heterocycles. The van der Waals surface area contributed by atoms with Crippen molar-refractivity contribution in [3.63, 3.8) is 0 Å². The van der Waals surface area contributed by atoms with E-state index in [4.69, 9.17) is 11.2 Å². The number of terminal acetylenes is 1. The average molecular weight is 333 g/mol. The van der Waals surface area contributed by atoms with Gasteiger partial charge in [0.15, 0.2) is 17.8 Å². The predicted molar refractivity (Wildman–Crippen MR) is 92.6 cm³/mol. The van der Waals surface area contributed by atoms with Crippen LogP contribution < -0.4 is 4.90 Å². The minimum Gasteiger partial charge on any atom is -0.378 e. The molecule has 0 saturated carbocycles. The lowest BCUT2D eigenvalue weighted by molar-refractivity contribution is 0.111. The fourth-order valence-electron chi connectivity index (χ4n) is 2.88. The average Bonchev–Trinajstić information content (AvgIpc) is 3.12. The fraction of sp³-hybridized carbons (Fsp3) is 0.222. The van der Waals surface area contributed by atoms with Gasteiger partial charge in [0.25, 0.3) is 0 Å². The van der Waals surface area contributed by atoms with E-state index in [9.17, 15) is 4.79 Å². The van der Waals surface area contributed by atoms with E-state index in [1.165, 1.54) is 0 Å². The molecule has 124 valence electrons. The summed E-state index contributed by atoms with van der Waals surface area (Å²) in [5.74, 6) is 3.24. The summed E-state index contributed by atoms with van der Waals surface area (Å²) in [6.07, 6.45) is 11.3. The van der Waals surface area contributed by atoms with E-state index in [2.05, 4.69) is 25.8 Å². The lowest BCUT2D eigenvalue weighted by Crippen LogP contribution is -2.37. The van der Waals surface area contributed by atoms with Crippen LogP contribution in [-0.2, 0) is 4.74 Å². The summed E-state index contributed by atoms with van der Waals surface area (Å²) < 4.78 is 7.27. The molecule has 1 aliphatic rings. The maximum Gasteiger partial charge on any atom is 0.181 e. The number of nitrogens with zero attached hydrogens (tertiary/aromatic N) is 5. The van der Waals surface area contributed by atoms with Gasteiger partial charge >= 0.3 is 0 Å². The predicted octanol–water partition coefficient (Wildman–Crippen LogP) is 1.42. The van der Waals surface area contributed by atoms with Gasteiger partial charge in [0, 0.05) is 31.0 Å². The molecule has 3 aromatic heterocycles. The van der Waals surface area contributed by atoms with Crippen LogP contribution in [0.25, 0.3) is 16.9 Å². The van der Waals surface area contributed by atoms with Gasteiger partial charge in [-0.15, -0.1) is 6.42 Å². The van der Waals surface area contributed by atoms with Crippen molar-refractivity contribution in [2.75, 3.05) is 31.2 Å². The van der Waals surface area contributed by atoms with Crippen molar-refractivity contribution in [3.05, 3.63) is 42.1 Å². The summed E-state index contributed by atoms with van der Waals surface area (Å²) in [4.78, 5) is 26.6. The molecule has 4 rings (SSSR count). The number of hydrogen-bond acceptors (Lipinski definition) is 6. The molecule has 3 aromatic rings. The Kier molecular flexibility index (Phi) is 3.88. The Morgan fingerprint density at radius 3 is 2.72 bits per heavy atom. The van der Waals surface area contributed by atoms with Crippen LogP contribution >= 0.6 is 0 Å². The molecule has 0 atom stereocenters. The van der Waals surface area contributed by atoms with Gasteiger partial charge in [0.1, 0.15) is 11.4 Å². The Balaban J connectivity index is 1.86. The Bertz CT molecular complexity index is 966. The highest BCUT2D eigenvalue weighted by Gasteiger charge is 2.19. The van der Waals surface area contributed by atoms with Gasteiger partial charge < -0.3 is 9.64 Å². The summed E-state index contributed by atoms with van der Waals surface area (Å²) in [7, 11) is 0. The van der Waals surface area contributed by atoms with Crippen LogP contribution in [0.2, 0.25) is 0 Å². The highest BCUT2D eigenvalue weighted by Crippen LogP contribution is 2.26. The van der Waals surface area contributed by atoms with E-state index in [1.54, 1.807) is 24.7 Å². The van der Waals surface area contributed by atoms with Crippen molar-refractivity contribution in [1.82, 2.24) is 19.4 Å². The zero-order valence-electron chi connectivity index (χ0n) is 13.4. The number of imidazole rings is 1. The molecular weight excluding hydrogens is 318 g/mol. The number of morpholine rings is 1. The molecule has 25 heavy (non-hydrogen) atoms. The van der Waals surface area contributed by atoms with Gasteiger partial charge in [-0.1, -0.05) is 5.92 Å². The minimum atomic E-state index is 0.358. The lowest BCUT2D eigenvalue weighted by atomic mass is 10.2. The molecule has 7 heteroatoms. The number of fused-ring (bicyclic) bond motifs is 1. The first-order valence-electron chi connectivity index (χ1n) is 7.89. The van der Waals surface area contributed by atoms with Gasteiger partial charge in [-0.2, -0.15) is 0 Å². The molecular formula is C18H15N5O2. The topological polar surface area (TPSA) is 72.6 Å². The SMILES string of the molecule is C#Cc1ccc(-c2cnc(N3CCOCC3)c3nc(C=O)cn23)cn1. The molecule has 0 bridgehead atoms. The zero-order chi connectivity index (χ0) is 17.2. The third-order valence-electron chi connectivity index (χ3n) is 4.13. The van der Waals surface area contributed by atoms with Crippen LogP contribution in [0.3, 0.4) is 0 Å². The van der Waals surface area contributed by atoms with Crippen LogP contribution in [0.4, 0.5) is 5.82 Å². The summed E-state index contributed by atoms with van der Waals surface area (Å²) in [6, 6.07) is 3.66. The number of carbonyl (C=O) groups excluding carboxylic acids is 1. The van der Waals surface area contributed by atoms with Crippen LogP contribution in [0, 0.1) is 12.3 Å². The Morgan fingerprint density at radius 1 is 1.20 bits per heavy atom. The standard InChI is InChI=1S/C18H15N5O2/c1-2-14-4-3-13(9-19-14)16-10-20-17(22-5-7-25-8-6-22)18-21-15(12-24)11-23(16)18/h1,3-4,9-12H,5-8H2. The van der Waals surface area contributed by atoms with Crippen molar-refractivity contribution in [2.24, 2.45) is 0 Å². The molecule has 7 nitrogen and oxygen atoms in total. The summed E-state index contributed by atoms with van der Waals surface area (Å²) in [5, 5.41) is 0. The molecule has 0 spiro atoms. The quantitative estimate of drug-likeness (QED) is 0.533. The molecule has 1 aliphatic heterocycles. The molecule has 0 unspecified atom stereocenters. The van der Waals surface area contributed by atoms with Gasteiger partial charge in [0.2, 0.25) is 0 Å². The molecule has 0 radical (unpaired) electrons. The van der Waals surface area contributed by atoms with Gasteiger partial charge in [-0.25, -0.2) is 15.0 Å². The Labute approximate surface area is 144 Å². The highest BCUT2D eigenvalue weighted by molar-refractivity contribution is 5.78.